The van der Waals surface area contributed by atoms with Crippen LogP contribution in [0.2, 0.25) is 0 Å². The van der Waals surface area contributed by atoms with Gasteiger partial charge in [0.2, 0.25) is 11.7 Å². The number of carbonyl (C=O) groups excluding carboxylic acids is 1. The molecule has 8 nitrogen and oxygen atoms in total. The molecule has 1 aromatic carbocycles. The molecule has 0 bridgehead atoms. The van der Waals surface area contributed by atoms with Crippen LogP contribution in [0.3, 0.4) is 0 Å². The maximum Gasteiger partial charge on any atom is 0.408 e. The first-order valence-electron chi connectivity index (χ1n) is 11.3. The van der Waals surface area contributed by atoms with Gasteiger partial charge in [0.1, 0.15) is 17.9 Å². The van der Waals surface area contributed by atoms with E-state index in [1.54, 1.807) is 7.11 Å². The van der Waals surface area contributed by atoms with Gasteiger partial charge in [0, 0.05) is 23.7 Å². The standard InChI is InChI=1S/C24H32N4O4/c1-24(2,3)31-23(29)25-13-20-26-22(27-32-20)18-15-28(14-16-9-6-5-7-10-16)21-17(18)11-8-12-19(21)30-4/h8,11-12,15-16H,5-7,9-10,13-14H2,1-4H3,(H,25,29). The van der Waals surface area contributed by atoms with E-state index in [4.69, 9.17) is 14.0 Å². The Kier molecular flexibility index (Phi) is 6.39. The summed E-state index contributed by atoms with van der Waals surface area (Å²) in [7, 11) is 1.70. The molecule has 1 saturated carbocycles. The summed E-state index contributed by atoms with van der Waals surface area (Å²) in [5, 5.41) is 7.85. The van der Waals surface area contributed by atoms with E-state index in [1.165, 1.54) is 32.1 Å². The van der Waals surface area contributed by atoms with Crippen molar-refractivity contribution >= 4 is 17.0 Å². The molecule has 1 fully saturated rings. The minimum atomic E-state index is -0.566. The number of hydrogen-bond acceptors (Lipinski definition) is 6. The van der Waals surface area contributed by atoms with E-state index in [1.807, 2.05) is 32.9 Å². The summed E-state index contributed by atoms with van der Waals surface area (Å²) in [5.41, 5.74) is 1.37. The molecular formula is C24H32N4O4. The summed E-state index contributed by atoms with van der Waals surface area (Å²) in [5.74, 6) is 2.31. The van der Waals surface area contributed by atoms with Gasteiger partial charge in [-0.15, -0.1) is 0 Å². The first-order valence-corrected chi connectivity index (χ1v) is 11.3. The lowest BCUT2D eigenvalue weighted by Gasteiger charge is -2.22. The number of rotatable bonds is 6. The Hall–Kier alpha value is -3.03. The molecule has 2 aromatic heterocycles. The molecule has 0 spiro atoms. The number of carbonyl (C=O) groups is 1. The van der Waals surface area contributed by atoms with Gasteiger partial charge in [-0.25, -0.2) is 4.79 Å². The Morgan fingerprint density at radius 3 is 2.75 bits per heavy atom. The molecule has 0 radical (unpaired) electrons. The van der Waals surface area contributed by atoms with Gasteiger partial charge in [0.25, 0.3) is 0 Å². The number of alkyl carbamates (subject to hydrolysis) is 1. The lowest BCUT2D eigenvalue weighted by atomic mass is 9.89. The number of nitrogens with zero attached hydrogens (tertiary/aromatic N) is 3. The van der Waals surface area contributed by atoms with Gasteiger partial charge in [-0.3, -0.25) is 0 Å². The number of para-hydroxylation sites is 1. The predicted octanol–water partition coefficient (Wildman–Crippen LogP) is 5.30. The molecular weight excluding hydrogens is 408 g/mol. The van der Waals surface area contributed by atoms with Gasteiger partial charge in [-0.1, -0.05) is 36.6 Å². The second-order valence-electron chi connectivity index (χ2n) is 9.42. The predicted molar refractivity (Wildman–Crippen MR) is 121 cm³/mol. The summed E-state index contributed by atoms with van der Waals surface area (Å²) >= 11 is 0. The molecule has 0 saturated heterocycles. The highest BCUT2D eigenvalue weighted by molar-refractivity contribution is 5.97. The van der Waals surface area contributed by atoms with Gasteiger partial charge in [0.05, 0.1) is 12.6 Å². The number of hydrogen-bond donors (Lipinski definition) is 1. The lowest BCUT2D eigenvalue weighted by Crippen LogP contribution is -2.32. The maximum absolute atomic E-state index is 11.9. The third kappa shape index (κ3) is 5.06. The SMILES string of the molecule is COc1cccc2c(-c3noc(CNC(=O)OC(C)(C)C)n3)cn(CC3CCCCC3)c12. The highest BCUT2D eigenvalue weighted by Crippen LogP contribution is 2.36. The fourth-order valence-corrected chi connectivity index (χ4v) is 4.36. The summed E-state index contributed by atoms with van der Waals surface area (Å²) in [4.78, 5) is 16.4. The summed E-state index contributed by atoms with van der Waals surface area (Å²) in [6, 6.07) is 6.01. The van der Waals surface area contributed by atoms with Crippen LogP contribution < -0.4 is 10.1 Å². The molecule has 2 heterocycles. The largest absolute Gasteiger partial charge is 0.495 e. The highest BCUT2D eigenvalue weighted by atomic mass is 16.6. The van der Waals surface area contributed by atoms with E-state index in [0.29, 0.717) is 17.6 Å². The summed E-state index contributed by atoms with van der Waals surface area (Å²) in [6.07, 6.45) is 8.02. The van der Waals surface area contributed by atoms with Crippen LogP contribution in [0.15, 0.2) is 28.9 Å². The van der Waals surface area contributed by atoms with Gasteiger partial charge in [0.15, 0.2) is 0 Å². The highest BCUT2D eigenvalue weighted by Gasteiger charge is 2.22. The Bertz CT molecular complexity index is 1070. The van der Waals surface area contributed by atoms with Crippen LogP contribution in [0.5, 0.6) is 5.75 Å². The first-order chi connectivity index (χ1) is 15.3. The van der Waals surface area contributed by atoms with E-state index >= 15 is 0 Å². The number of ether oxygens (including phenoxy) is 2. The normalized spacial score (nSPS) is 15.1. The molecule has 1 aliphatic carbocycles. The van der Waals surface area contributed by atoms with E-state index in [9.17, 15) is 4.79 Å². The van der Waals surface area contributed by atoms with Crippen LogP contribution in [0.25, 0.3) is 22.3 Å². The second kappa shape index (κ2) is 9.22. The smallest absolute Gasteiger partial charge is 0.408 e. The molecule has 1 N–H and O–H groups in total. The van der Waals surface area contributed by atoms with Crippen molar-refractivity contribution in [1.82, 2.24) is 20.0 Å². The van der Waals surface area contributed by atoms with Crippen LogP contribution in [-0.4, -0.2) is 33.5 Å². The van der Waals surface area contributed by atoms with Crippen LogP contribution >= 0.6 is 0 Å². The zero-order valence-electron chi connectivity index (χ0n) is 19.3. The molecule has 4 rings (SSSR count). The number of methoxy groups -OCH3 is 1. The molecule has 1 amide bonds. The van der Waals surface area contributed by atoms with E-state index in [-0.39, 0.29) is 6.54 Å². The third-order valence-corrected chi connectivity index (χ3v) is 5.75. The van der Waals surface area contributed by atoms with Crippen LogP contribution in [0.1, 0.15) is 58.8 Å². The second-order valence-corrected chi connectivity index (χ2v) is 9.42. The van der Waals surface area contributed by atoms with Crippen molar-refractivity contribution in [3.8, 4) is 17.1 Å². The molecule has 32 heavy (non-hydrogen) atoms. The molecule has 3 aromatic rings. The molecule has 0 atom stereocenters. The zero-order valence-corrected chi connectivity index (χ0v) is 19.3. The molecule has 0 aliphatic heterocycles. The van der Waals surface area contributed by atoms with Crippen molar-refractivity contribution < 1.29 is 18.8 Å². The number of fused-ring (bicyclic) bond motifs is 1. The van der Waals surface area contributed by atoms with Gasteiger partial charge >= 0.3 is 6.09 Å². The Morgan fingerprint density at radius 1 is 1.25 bits per heavy atom. The maximum atomic E-state index is 11.9. The Labute approximate surface area is 188 Å². The van der Waals surface area contributed by atoms with E-state index in [2.05, 4.69) is 32.3 Å². The number of aromatic nitrogens is 3. The average molecular weight is 441 g/mol. The molecule has 8 heteroatoms. The van der Waals surface area contributed by atoms with Crippen molar-refractivity contribution in [1.29, 1.82) is 0 Å². The van der Waals surface area contributed by atoms with Crippen molar-refractivity contribution in [2.45, 2.75) is 71.6 Å². The number of nitrogens with one attached hydrogen (secondary N) is 1. The molecule has 172 valence electrons. The van der Waals surface area contributed by atoms with E-state index < -0.39 is 11.7 Å². The van der Waals surface area contributed by atoms with Crippen molar-refractivity contribution in [2.75, 3.05) is 7.11 Å². The van der Waals surface area contributed by atoms with Gasteiger partial charge in [-0.2, -0.15) is 4.98 Å². The quantitative estimate of drug-likeness (QED) is 0.559. The molecule has 0 unspecified atom stereocenters. The van der Waals surface area contributed by atoms with Crippen LogP contribution in [-0.2, 0) is 17.8 Å². The zero-order chi connectivity index (χ0) is 22.7. The van der Waals surface area contributed by atoms with Crippen LogP contribution in [0, 0.1) is 5.92 Å². The summed E-state index contributed by atoms with van der Waals surface area (Å²) < 4.78 is 18.6. The lowest BCUT2D eigenvalue weighted by molar-refractivity contribution is 0.0518. The van der Waals surface area contributed by atoms with E-state index in [0.717, 1.165) is 28.8 Å². The Balaban J connectivity index is 1.58. The van der Waals surface area contributed by atoms with Gasteiger partial charge < -0.3 is 23.9 Å². The van der Waals surface area contributed by atoms with Gasteiger partial charge in [-0.05, 0) is 45.6 Å². The van der Waals surface area contributed by atoms with Crippen molar-refractivity contribution in [3.05, 3.63) is 30.3 Å². The third-order valence-electron chi connectivity index (χ3n) is 5.75. The number of benzene rings is 1. The minimum Gasteiger partial charge on any atom is -0.495 e. The number of amides is 1. The summed E-state index contributed by atoms with van der Waals surface area (Å²) in [6.45, 7) is 6.49. The fraction of sp³-hybridized carbons (Fsp3) is 0.542. The van der Waals surface area contributed by atoms with Crippen molar-refractivity contribution in [3.63, 3.8) is 0 Å². The monoisotopic (exact) mass is 440 g/mol. The topological polar surface area (TPSA) is 91.4 Å². The Morgan fingerprint density at radius 2 is 2.03 bits per heavy atom. The minimum absolute atomic E-state index is 0.103. The van der Waals surface area contributed by atoms with Crippen LogP contribution in [0.4, 0.5) is 4.79 Å². The average Bonchev–Trinajstić information content (AvgIpc) is 3.36. The molecule has 1 aliphatic rings. The fourth-order valence-electron chi connectivity index (χ4n) is 4.36. The van der Waals surface area contributed by atoms with Crippen molar-refractivity contribution in [2.24, 2.45) is 5.92 Å². The first kappa shape index (κ1) is 22.2.